The van der Waals surface area contributed by atoms with E-state index >= 15 is 0 Å². The molecule has 380 valence electrons. The highest BCUT2D eigenvalue weighted by atomic mass is 31.2. The molecule has 0 heterocycles. The van der Waals surface area contributed by atoms with E-state index in [1.807, 2.05) is 0 Å². The molecule has 16 nitrogen and oxygen atoms in total. The molecule has 65 heavy (non-hydrogen) atoms. The minimum Gasteiger partial charge on any atom is -0.462 e. The van der Waals surface area contributed by atoms with Gasteiger partial charge in [0.25, 0.3) is 0 Å². The lowest BCUT2D eigenvalue weighted by Crippen LogP contribution is -2.64. The van der Waals surface area contributed by atoms with E-state index in [0.29, 0.717) is 12.8 Å². The highest BCUT2D eigenvalue weighted by molar-refractivity contribution is 7.47. The summed E-state index contributed by atoms with van der Waals surface area (Å²) in [6.45, 7) is 3.07. The zero-order chi connectivity index (χ0) is 48.2. The molecule has 0 aromatic carbocycles. The number of phosphoric acid groups is 2. The van der Waals surface area contributed by atoms with Crippen molar-refractivity contribution in [1.82, 2.24) is 0 Å². The Kier molecular flexibility index (Phi) is 35.9. The van der Waals surface area contributed by atoms with Gasteiger partial charge in [-0.3, -0.25) is 23.2 Å². The van der Waals surface area contributed by atoms with E-state index in [9.17, 15) is 53.8 Å². The number of carbonyl (C=O) groups is 2. The average Bonchev–Trinajstić information content (AvgIpc) is 3.26. The van der Waals surface area contributed by atoms with Gasteiger partial charge in [-0.05, 0) is 70.6 Å². The predicted octanol–water partition coefficient (Wildman–Crippen LogP) is 9.51. The summed E-state index contributed by atoms with van der Waals surface area (Å²) in [5.74, 6) is -1.22. The number of aliphatic hydroxyl groups excluding tert-OH is 4. The SMILES string of the molecule is CCCCCC=CCC=CCCCCCCCC(=O)OC[C@H](COP(=O)(O)O[C@H]1C(O)C(O)C(O)[C@@H](OP(=O)(O)O)C1O)OC(=O)CCCCCCCCCC=CCCCCCCCC. The van der Waals surface area contributed by atoms with E-state index in [-0.39, 0.29) is 12.8 Å². The molecule has 8 atom stereocenters. The van der Waals surface area contributed by atoms with Crippen LogP contribution in [0.3, 0.4) is 0 Å². The van der Waals surface area contributed by atoms with Gasteiger partial charge in [0, 0.05) is 12.8 Å². The smallest absolute Gasteiger partial charge is 0.462 e. The maximum Gasteiger partial charge on any atom is 0.472 e. The number of esters is 2. The van der Waals surface area contributed by atoms with Crippen molar-refractivity contribution < 1.29 is 76.9 Å². The Balaban J connectivity index is 2.58. The molecular formula is C47H86O16P2. The molecule has 5 unspecified atom stereocenters. The highest BCUT2D eigenvalue weighted by Crippen LogP contribution is 2.49. The third-order valence-electron chi connectivity index (χ3n) is 11.2. The minimum absolute atomic E-state index is 0.0364. The fraction of sp³-hybridized carbons (Fsp3) is 0.830. The molecule has 0 amide bonds. The van der Waals surface area contributed by atoms with Crippen LogP contribution in [0.4, 0.5) is 0 Å². The van der Waals surface area contributed by atoms with Gasteiger partial charge in [-0.15, -0.1) is 0 Å². The topological polar surface area (TPSA) is 256 Å². The van der Waals surface area contributed by atoms with Gasteiger partial charge in [0.1, 0.15) is 43.2 Å². The summed E-state index contributed by atoms with van der Waals surface area (Å²) >= 11 is 0. The zero-order valence-electron chi connectivity index (χ0n) is 39.4. The van der Waals surface area contributed by atoms with Crippen LogP contribution in [-0.4, -0.2) is 103 Å². The standard InChI is InChI=1S/C47H86O16P2/c1-3-5-7-9-11-13-15-17-19-20-22-24-26-28-30-32-34-36-41(49)61-39(37-59-40(48)35-33-31-29-27-25-23-21-18-16-14-12-10-8-6-4-2)38-60-65(57,58)63-47-44(52)42(50)43(51)46(45(47)53)62-64(54,55)56/h12,14,17-19,21,39,42-47,50-53H,3-11,13,15-16,20,22-38H2,1-2H3,(H,57,58)(H2,54,55,56)/t39-,42?,43?,44?,45?,46-,47+/m1/s1. The zero-order valence-corrected chi connectivity index (χ0v) is 41.2. The number of hydrogen-bond acceptors (Lipinski definition) is 13. The van der Waals surface area contributed by atoms with Crippen LogP contribution in [-0.2, 0) is 41.8 Å². The Morgan fingerprint density at radius 3 is 1.38 bits per heavy atom. The number of unbranched alkanes of at least 4 members (excludes halogenated alkanes) is 21. The van der Waals surface area contributed by atoms with E-state index in [1.165, 1.54) is 57.8 Å². The number of hydrogen-bond donors (Lipinski definition) is 7. The van der Waals surface area contributed by atoms with Crippen LogP contribution in [0.2, 0.25) is 0 Å². The van der Waals surface area contributed by atoms with Crippen molar-refractivity contribution in [3.8, 4) is 0 Å². The summed E-state index contributed by atoms with van der Waals surface area (Å²) in [5.41, 5.74) is 0. The molecule has 0 radical (unpaired) electrons. The van der Waals surface area contributed by atoms with E-state index < -0.39 is 83.5 Å². The van der Waals surface area contributed by atoms with Crippen molar-refractivity contribution in [2.45, 2.75) is 236 Å². The monoisotopic (exact) mass is 969 g/mol. The predicted molar refractivity (Wildman–Crippen MR) is 250 cm³/mol. The largest absolute Gasteiger partial charge is 0.472 e. The molecule has 1 rings (SSSR count). The van der Waals surface area contributed by atoms with E-state index in [1.54, 1.807) is 0 Å². The summed E-state index contributed by atoms with van der Waals surface area (Å²) in [4.78, 5) is 54.3. The third kappa shape index (κ3) is 32.6. The summed E-state index contributed by atoms with van der Waals surface area (Å²) in [6, 6.07) is 0. The molecule has 0 saturated heterocycles. The summed E-state index contributed by atoms with van der Waals surface area (Å²) in [7, 11) is -10.7. The van der Waals surface area contributed by atoms with Crippen LogP contribution >= 0.6 is 15.6 Å². The number of rotatable bonds is 41. The first-order valence-electron chi connectivity index (χ1n) is 24.5. The van der Waals surface area contributed by atoms with Gasteiger partial charge in [-0.1, -0.05) is 147 Å². The van der Waals surface area contributed by atoms with Crippen molar-refractivity contribution in [3.63, 3.8) is 0 Å². The minimum atomic E-state index is -5.37. The van der Waals surface area contributed by atoms with Crippen LogP contribution in [0.5, 0.6) is 0 Å². The lowest BCUT2D eigenvalue weighted by atomic mass is 9.85. The second kappa shape index (κ2) is 38.1. The van der Waals surface area contributed by atoms with Crippen molar-refractivity contribution in [2.24, 2.45) is 0 Å². The normalized spacial score (nSPS) is 21.9. The molecule has 1 saturated carbocycles. The maximum atomic E-state index is 13.0. The number of carbonyl (C=O) groups excluding carboxylic acids is 2. The molecule has 7 N–H and O–H groups in total. The van der Waals surface area contributed by atoms with Crippen molar-refractivity contribution in [2.75, 3.05) is 13.2 Å². The molecule has 1 fully saturated rings. The van der Waals surface area contributed by atoms with Crippen LogP contribution in [0, 0.1) is 0 Å². The van der Waals surface area contributed by atoms with Crippen molar-refractivity contribution >= 4 is 27.6 Å². The van der Waals surface area contributed by atoms with E-state index in [0.717, 1.165) is 96.3 Å². The molecule has 18 heteroatoms. The van der Waals surface area contributed by atoms with Crippen molar-refractivity contribution in [1.29, 1.82) is 0 Å². The van der Waals surface area contributed by atoms with Crippen molar-refractivity contribution in [3.05, 3.63) is 36.5 Å². The Labute approximate surface area is 389 Å². The first kappa shape index (κ1) is 61.2. The van der Waals surface area contributed by atoms with Gasteiger partial charge in [-0.25, -0.2) is 9.13 Å². The molecule has 0 bridgehead atoms. The van der Waals surface area contributed by atoms with Gasteiger partial charge in [0.2, 0.25) is 0 Å². The number of allylic oxidation sites excluding steroid dienone is 6. The van der Waals surface area contributed by atoms with Gasteiger partial charge in [0.15, 0.2) is 6.10 Å². The van der Waals surface area contributed by atoms with Crippen LogP contribution in [0.25, 0.3) is 0 Å². The summed E-state index contributed by atoms with van der Waals surface area (Å²) in [5, 5.41) is 41.3. The first-order valence-corrected chi connectivity index (χ1v) is 27.6. The van der Waals surface area contributed by atoms with Gasteiger partial charge >= 0.3 is 27.6 Å². The molecule has 0 aliphatic heterocycles. The maximum absolute atomic E-state index is 13.0. The molecule has 1 aliphatic rings. The Morgan fingerprint density at radius 1 is 0.492 bits per heavy atom. The van der Waals surface area contributed by atoms with E-state index in [2.05, 4.69) is 54.8 Å². The lowest BCUT2D eigenvalue weighted by molar-refractivity contribution is -0.216. The number of aliphatic hydroxyl groups is 4. The number of phosphoric ester groups is 2. The second-order valence-corrected chi connectivity index (χ2v) is 19.8. The fourth-order valence-electron chi connectivity index (χ4n) is 7.34. The average molecular weight is 969 g/mol. The molecule has 1 aliphatic carbocycles. The Bertz CT molecular complexity index is 1400. The second-order valence-electron chi connectivity index (χ2n) is 17.2. The van der Waals surface area contributed by atoms with Crippen LogP contribution in [0.1, 0.15) is 194 Å². The first-order chi connectivity index (χ1) is 31.1. The summed E-state index contributed by atoms with van der Waals surface area (Å²) in [6.07, 6.45) is 26.6. The quantitative estimate of drug-likeness (QED) is 0.0130. The molecule has 0 aromatic heterocycles. The molecule has 0 aromatic rings. The van der Waals surface area contributed by atoms with Gasteiger partial charge < -0.3 is 44.6 Å². The highest BCUT2D eigenvalue weighted by Gasteiger charge is 2.54. The lowest BCUT2D eigenvalue weighted by Gasteiger charge is -2.43. The van der Waals surface area contributed by atoms with Crippen LogP contribution in [0.15, 0.2) is 36.5 Å². The van der Waals surface area contributed by atoms with Crippen LogP contribution < -0.4 is 0 Å². The van der Waals surface area contributed by atoms with E-state index in [4.69, 9.17) is 18.5 Å². The fourth-order valence-corrected chi connectivity index (χ4v) is 8.88. The van der Waals surface area contributed by atoms with Gasteiger partial charge in [0.05, 0.1) is 6.61 Å². The molecule has 0 spiro atoms. The Hall–Kier alpha value is -1.78. The third-order valence-corrected chi connectivity index (χ3v) is 12.7. The summed E-state index contributed by atoms with van der Waals surface area (Å²) < 4.78 is 49.4. The van der Waals surface area contributed by atoms with Gasteiger partial charge in [-0.2, -0.15) is 0 Å². The number of ether oxygens (including phenoxy) is 2. The Morgan fingerprint density at radius 2 is 0.892 bits per heavy atom. The molecular weight excluding hydrogens is 882 g/mol.